The van der Waals surface area contributed by atoms with Crippen LogP contribution in [0.25, 0.3) is 0 Å². The summed E-state index contributed by atoms with van der Waals surface area (Å²) in [5.41, 5.74) is 0.948. The number of nitrogens with zero attached hydrogens (tertiary/aromatic N) is 2. The molecule has 2 heterocycles. The lowest BCUT2D eigenvalue weighted by Crippen LogP contribution is -2.58. The molecule has 0 saturated carbocycles. The fraction of sp³-hybridized carbons (Fsp3) is 0.583. The van der Waals surface area contributed by atoms with Crippen LogP contribution in [-0.4, -0.2) is 34.3 Å². The van der Waals surface area contributed by atoms with Crippen LogP contribution in [0, 0.1) is 6.92 Å². The van der Waals surface area contributed by atoms with E-state index in [0.717, 1.165) is 10.7 Å². The summed E-state index contributed by atoms with van der Waals surface area (Å²) in [6.45, 7) is 5.85. The fourth-order valence-corrected chi connectivity index (χ4v) is 3.07. The summed E-state index contributed by atoms with van der Waals surface area (Å²) >= 11 is 1.53. The van der Waals surface area contributed by atoms with E-state index < -0.39 is 0 Å². The predicted molar refractivity (Wildman–Crippen MR) is 69.2 cm³/mol. The maximum atomic E-state index is 12.0. The van der Waals surface area contributed by atoms with Crippen LogP contribution in [0.3, 0.4) is 0 Å². The molecule has 6 heteroatoms. The highest BCUT2D eigenvalue weighted by atomic mass is 32.1. The molecule has 98 valence electrons. The van der Waals surface area contributed by atoms with E-state index in [1.807, 2.05) is 26.2 Å². The van der Waals surface area contributed by atoms with E-state index in [-0.39, 0.29) is 30.4 Å². The molecule has 2 amide bonds. The van der Waals surface area contributed by atoms with E-state index in [4.69, 9.17) is 0 Å². The second-order valence-electron chi connectivity index (χ2n) is 4.45. The van der Waals surface area contributed by atoms with Crippen LogP contribution < -0.4 is 5.32 Å². The first-order chi connectivity index (χ1) is 8.54. The van der Waals surface area contributed by atoms with Crippen LogP contribution in [0.5, 0.6) is 0 Å². The van der Waals surface area contributed by atoms with Crippen molar-refractivity contribution in [3.63, 3.8) is 0 Å². The SMILES string of the molecule is CCC1C(=O)NCC(=O)N1C(C)c1nc(C)cs1. The molecule has 18 heavy (non-hydrogen) atoms. The molecule has 1 aromatic heterocycles. The van der Waals surface area contributed by atoms with E-state index >= 15 is 0 Å². The Labute approximate surface area is 110 Å². The third-order valence-electron chi connectivity index (χ3n) is 3.14. The first-order valence-corrected chi connectivity index (χ1v) is 6.93. The maximum Gasteiger partial charge on any atom is 0.243 e. The molecule has 2 unspecified atom stereocenters. The highest BCUT2D eigenvalue weighted by Gasteiger charge is 2.37. The summed E-state index contributed by atoms with van der Waals surface area (Å²) in [4.78, 5) is 29.9. The van der Waals surface area contributed by atoms with Gasteiger partial charge in [-0.05, 0) is 20.3 Å². The zero-order valence-electron chi connectivity index (χ0n) is 10.8. The molecular formula is C12H17N3O2S. The highest BCUT2D eigenvalue weighted by molar-refractivity contribution is 7.09. The monoisotopic (exact) mass is 267 g/mol. The van der Waals surface area contributed by atoms with Gasteiger partial charge < -0.3 is 10.2 Å². The molecule has 0 radical (unpaired) electrons. The Balaban J connectivity index is 2.27. The van der Waals surface area contributed by atoms with Crippen LogP contribution >= 0.6 is 11.3 Å². The van der Waals surface area contributed by atoms with Gasteiger partial charge in [0.15, 0.2) is 0 Å². The number of amides is 2. The molecule has 0 bridgehead atoms. The van der Waals surface area contributed by atoms with Gasteiger partial charge in [0, 0.05) is 11.1 Å². The third kappa shape index (κ3) is 2.25. The zero-order chi connectivity index (χ0) is 13.3. The quantitative estimate of drug-likeness (QED) is 0.896. The van der Waals surface area contributed by atoms with E-state index in [9.17, 15) is 9.59 Å². The summed E-state index contributed by atoms with van der Waals surface area (Å²) in [6.07, 6.45) is 0.617. The van der Waals surface area contributed by atoms with E-state index in [2.05, 4.69) is 10.3 Å². The van der Waals surface area contributed by atoms with Gasteiger partial charge in [-0.25, -0.2) is 4.98 Å². The van der Waals surface area contributed by atoms with E-state index in [0.29, 0.717) is 6.42 Å². The van der Waals surface area contributed by atoms with Crippen molar-refractivity contribution in [2.45, 2.75) is 39.3 Å². The van der Waals surface area contributed by atoms with Crippen molar-refractivity contribution in [3.05, 3.63) is 16.1 Å². The minimum atomic E-state index is -0.384. The highest BCUT2D eigenvalue weighted by Crippen LogP contribution is 2.27. The Kier molecular flexibility index (Phi) is 3.65. The van der Waals surface area contributed by atoms with Gasteiger partial charge >= 0.3 is 0 Å². The number of carbonyl (C=O) groups excluding carboxylic acids is 2. The number of carbonyl (C=O) groups is 2. The predicted octanol–water partition coefficient (Wildman–Crippen LogP) is 1.25. The van der Waals surface area contributed by atoms with Crippen LogP contribution in [0.1, 0.15) is 37.0 Å². The number of thiazole rings is 1. The fourth-order valence-electron chi connectivity index (χ4n) is 2.22. The van der Waals surface area contributed by atoms with Gasteiger partial charge in [0.1, 0.15) is 11.0 Å². The lowest BCUT2D eigenvalue weighted by atomic mass is 10.1. The van der Waals surface area contributed by atoms with Gasteiger partial charge in [0.25, 0.3) is 0 Å². The summed E-state index contributed by atoms with van der Waals surface area (Å²) in [6, 6.07) is -0.530. The minimum Gasteiger partial charge on any atom is -0.345 e. The van der Waals surface area contributed by atoms with Crippen LogP contribution in [0.2, 0.25) is 0 Å². The lowest BCUT2D eigenvalue weighted by Gasteiger charge is -2.37. The van der Waals surface area contributed by atoms with Crippen molar-refractivity contribution in [1.29, 1.82) is 0 Å². The average molecular weight is 267 g/mol. The number of piperazine rings is 1. The Morgan fingerprint density at radius 3 is 2.89 bits per heavy atom. The molecule has 1 N–H and O–H groups in total. The molecule has 1 aromatic rings. The summed E-state index contributed by atoms with van der Waals surface area (Å²) in [5, 5.41) is 5.47. The van der Waals surface area contributed by atoms with E-state index in [1.54, 1.807) is 4.90 Å². The largest absolute Gasteiger partial charge is 0.345 e. The number of hydrogen-bond donors (Lipinski definition) is 1. The molecular weight excluding hydrogens is 250 g/mol. The summed E-state index contributed by atoms with van der Waals surface area (Å²) in [7, 11) is 0. The number of rotatable bonds is 3. The number of aromatic nitrogens is 1. The third-order valence-corrected chi connectivity index (χ3v) is 4.27. The number of hydrogen-bond acceptors (Lipinski definition) is 4. The molecule has 5 nitrogen and oxygen atoms in total. The summed E-state index contributed by atoms with van der Waals surface area (Å²) in [5.74, 6) is -0.112. The normalized spacial score (nSPS) is 21.9. The topological polar surface area (TPSA) is 62.3 Å². The standard InChI is InChI=1S/C12H17N3O2S/c1-4-9-11(17)13-5-10(16)15(9)8(3)12-14-7(2)6-18-12/h6,8-9H,4-5H2,1-3H3,(H,13,17). The lowest BCUT2D eigenvalue weighted by molar-refractivity contribution is -0.148. The van der Waals surface area contributed by atoms with Crippen molar-refractivity contribution in [2.24, 2.45) is 0 Å². The van der Waals surface area contributed by atoms with Crippen LogP contribution in [0.4, 0.5) is 0 Å². The van der Waals surface area contributed by atoms with Crippen molar-refractivity contribution in [3.8, 4) is 0 Å². The molecule has 1 saturated heterocycles. The van der Waals surface area contributed by atoms with Crippen molar-refractivity contribution < 1.29 is 9.59 Å². The molecule has 2 rings (SSSR count). The molecule has 0 spiro atoms. The number of nitrogens with one attached hydrogen (secondary N) is 1. The summed E-state index contributed by atoms with van der Waals surface area (Å²) < 4.78 is 0. The van der Waals surface area contributed by atoms with Crippen molar-refractivity contribution in [1.82, 2.24) is 15.2 Å². The molecule has 0 aliphatic carbocycles. The maximum absolute atomic E-state index is 12.0. The molecule has 2 atom stereocenters. The van der Waals surface area contributed by atoms with Crippen molar-refractivity contribution in [2.75, 3.05) is 6.54 Å². The Morgan fingerprint density at radius 1 is 1.61 bits per heavy atom. The molecule has 0 aromatic carbocycles. The Hall–Kier alpha value is -1.43. The van der Waals surface area contributed by atoms with E-state index in [1.165, 1.54) is 11.3 Å². The second-order valence-corrected chi connectivity index (χ2v) is 5.34. The van der Waals surface area contributed by atoms with Gasteiger partial charge in [0.2, 0.25) is 11.8 Å². The second kappa shape index (κ2) is 5.06. The molecule has 1 aliphatic heterocycles. The van der Waals surface area contributed by atoms with Crippen LogP contribution in [-0.2, 0) is 9.59 Å². The molecule has 1 aliphatic rings. The Morgan fingerprint density at radius 2 is 2.33 bits per heavy atom. The minimum absolute atomic E-state index is 0.0400. The van der Waals surface area contributed by atoms with Crippen LogP contribution in [0.15, 0.2) is 5.38 Å². The van der Waals surface area contributed by atoms with Crippen molar-refractivity contribution >= 4 is 23.2 Å². The van der Waals surface area contributed by atoms with Gasteiger partial charge in [-0.2, -0.15) is 0 Å². The average Bonchev–Trinajstić information content (AvgIpc) is 2.77. The van der Waals surface area contributed by atoms with Gasteiger partial charge in [-0.3, -0.25) is 9.59 Å². The number of aryl methyl sites for hydroxylation is 1. The first-order valence-electron chi connectivity index (χ1n) is 6.05. The Bertz CT molecular complexity index is 472. The smallest absolute Gasteiger partial charge is 0.243 e. The van der Waals surface area contributed by atoms with Gasteiger partial charge in [0.05, 0.1) is 12.6 Å². The van der Waals surface area contributed by atoms with Gasteiger partial charge in [-0.15, -0.1) is 11.3 Å². The first kappa shape index (κ1) is 13.0. The van der Waals surface area contributed by atoms with Gasteiger partial charge in [-0.1, -0.05) is 6.92 Å². The molecule has 1 fully saturated rings. The zero-order valence-corrected chi connectivity index (χ0v) is 11.6.